The largest absolute Gasteiger partial charge is 0.316 e. The molecule has 0 aliphatic rings. The van der Waals surface area contributed by atoms with Crippen LogP contribution in [-0.4, -0.2) is 19.4 Å². The van der Waals surface area contributed by atoms with E-state index in [1.807, 2.05) is 0 Å². The van der Waals surface area contributed by atoms with Crippen LogP contribution in [0, 0.1) is 5.82 Å². The van der Waals surface area contributed by atoms with E-state index in [9.17, 15) is 12.8 Å². The van der Waals surface area contributed by atoms with Gasteiger partial charge in [-0.1, -0.05) is 17.7 Å². The van der Waals surface area contributed by atoms with Crippen molar-refractivity contribution in [2.45, 2.75) is 11.4 Å². The van der Waals surface area contributed by atoms with E-state index in [4.69, 9.17) is 11.6 Å². The molecule has 1 aromatic heterocycles. The third kappa shape index (κ3) is 3.61. The first-order valence-electron chi connectivity index (χ1n) is 7.55. The highest BCUT2D eigenvalue weighted by Crippen LogP contribution is 2.28. The van der Waals surface area contributed by atoms with Crippen LogP contribution in [0.3, 0.4) is 0 Å². The van der Waals surface area contributed by atoms with Crippen LogP contribution in [0.1, 0.15) is 5.56 Å². The van der Waals surface area contributed by atoms with Crippen molar-refractivity contribution >= 4 is 21.6 Å². The fraction of sp³-hybridized carbons (Fsp3) is 0.111. The quantitative estimate of drug-likeness (QED) is 0.732. The Balaban J connectivity index is 2.19. The number of hydrogen-bond acceptors (Lipinski definition) is 3. The molecule has 130 valence electrons. The van der Waals surface area contributed by atoms with Crippen molar-refractivity contribution in [1.29, 1.82) is 0 Å². The minimum absolute atomic E-state index is 0.0926. The molecule has 0 atom stereocenters. The Morgan fingerprint density at radius 2 is 1.84 bits per heavy atom. The predicted octanol–water partition coefficient (Wildman–Crippen LogP) is 3.90. The summed E-state index contributed by atoms with van der Waals surface area (Å²) in [4.78, 5) is 0.0926. The first-order valence-corrected chi connectivity index (χ1v) is 9.36. The average molecular weight is 379 g/mol. The Kier molecular flexibility index (Phi) is 4.94. The van der Waals surface area contributed by atoms with E-state index in [1.54, 1.807) is 43.6 Å². The van der Waals surface area contributed by atoms with Gasteiger partial charge in [0.25, 0.3) is 10.0 Å². The van der Waals surface area contributed by atoms with Crippen LogP contribution in [0.15, 0.2) is 65.7 Å². The molecular weight excluding hydrogens is 363 g/mol. The van der Waals surface area contributed by atoms with Gasteiger partial charge in [-0.05, 0) is 66.7 Å². The number of hydrogen-bond donors (Lipinski definition) is 1. The van der Waals surface area contributed by atoms with Gasteiger partial charge < -0.3 is 5.32 Å². The maximum absolute atomic E-state index is 13.2. The van der Waals surface area contributed by atoms with Gasteiger partial charge in [0, 0.05) is 17.8 Å². The number of aromatic nitrogens is 1. The van der Waals surface area contributed by atoms with Crippen molar-refractivity contribution in [2.75, 3.05) is 7.05 Å². The monoisotopic (exact) mass is 378 g/mol. The van der Waals surface area contributed by atoms with Crippen LogP contribution in [0.4, 0.5) is 4.39 Å². The van der Waals surface area contributed by atoms with E-state index >= 15 is 0 Å². The summed E-state index contributed by atoms with van der Waals surface area (Å²) >= 11 is 5.94. The summed E-state index contributed by atoms with van der Waals surface area (Å²) in [6, 6.07) is 13.6. The van der Waals surface area contributed by atoms with E-state index in [0.717, 1.165) is 5.56 Å². The lowest BCUT2D eigenvalue weighted by atomic mass is 10.1. The van der Waals surface area contributed by atoms with Crippen LogP contribution < -0.4 is 5.32 Å². The fourth-order valence-corrected chi connectivity index (χ4v) is 4.27. The second kappa shape index (κ2) is 7.00. The van der Waals surface area contributed by atoms with Crippen molar-refractivity contribution in [3.63, 3.8) is 0 Å². The van der Waals surface area contributed by atoms with Crippen molar-refractivity contribution in [3.05, 3.63) is 77.2 Å². The molecule has 7 heteroatoms. The standard InChI is InChI=1S/C18H16ClFN2O2S/c1-21-11-13-9-18(14-5-7-16(20)8-6-14)22(12-13)25(23,24)17-4-2-3-15(19)10-17/h2-10,12,21H,11H2,1H3. The van der Waals surface area contributed by atoms with Crippen molar-refractivity contribution in [3.8, 4) is 11.3 Å². The van der Waals surface area contributed by atoms with E-state index < -0.39 is 10.0 Å². The fourth-order valence-electron chi connectivity index (χ4n) is 2.57. The number of nitrogens with zero attached hydrogens (tertiary/aromatic N) is 1. The maximum Gasteiger partial charge on any atom is 0.268 e. The molecule has 3 rings (SSSR count). The second-order valence-electron chi connectivity index (χ2n) is 5.53. The lowest BCUT2D eigenvalue weighted by molar-refractivity contribution is 0.588. The van der Waals surface area contributed by atoms with Crippen LogP contribution in [0.5, 0.6) is 0 Å². The van der Waals surface area contributed by atoms with Crippen LogP contribution in [0.2, 0.25) is 5.02 Å². The van der Waals surface area contributed by atoms with Gasteiger partial charge in [0.1, 0.15) is 5.82 Å². The molecule has 1 N–H and O–H groups in total. The van der Waals surface area contributed by atoms with Gasteiger partial charge in [0.05, 0.1) is 10.6 Å². The maximum atomic E-state index is 13.2. The minimum Gasteiger partial charge on any atom is -0.316 e. The summed E-state index contributed by atoms with van der Waals surface area (Å²) in [5.41, 5.74) is 1.87. The molecule has 0 radical (unpaired) electrons. The van der Waals surface area contributed by atoms with Crippen LogP contribution in [-0.2, 0) is 16.6 Å². The topological polar surface area (TPSA) is 51.1 Å². The predicted molar refractivity (Wildman–Crippen MR) is 96.6 cm³/mol. The van der Waals surface area contributed by atoms with Gasteiger partial charge in [-0.15, -0.1) is 0 Å². The average Bonchev–Trinajstić information content (AvgIpc) is 3.01. The minimum atomic E-state index is -3.84. The number of benzene rings is 2. The lowest BCUT2D eigenvalue weighted by Crippen LogP contribution is -2.13. The Labute approximate surface area is 150 Å². The number of nitrogens with one attached hydrogen (secondary N) is 1. The highest BCUT2D eigenvalue weighted by Gasteiger charge is 2.22. The molecule has 0 amide bonds. The molecule has 2 aromatic carbocycles. The van der Waals surface area contributed by atoms with Crippen molar-refractivity contribution in [2.24, 2.45) is 0 Å². The summed E-state index contributed by atoms with van der Waals surface area (Å²) in [6.45, 7) is 0.506. The molecular formula is C18H16ClFN2O2S. The van der Waals surface area contributed by atoms with Gasteiger partial charge in [-0.25, -0.2) is 16.8 Å². The molecule has 0 fully saturated rings. The highest BCUT2D eigenvalue weighted by atomic mass is 35.5. The van der Waals surface area contributed by atoms with E-state index in [2.05, 4.69) is 5.32 Å². The summed E-state index contributed by atoms with van der Waals surface area (Å²) in [5.74, 6) is -0.380. The van der Waals surface area contributed by atoms with Gasteiger partial charge >= 0.3 is 0 Å². The second-order valence-corrected chi connectivity index (χ2v) is 7.78. The first-order chi connectivity index (χ1) is 11.9. The zero-order chi connectivity index (χ0) is 18.0. The lowest BCUT2D eigenvalue weighted by Gasteiger charge is -2.11. The highest BCUT2D eigenvalue weighted by molar-refractivity contribution is 7.90. The first kappa shape index (κ1) is 17.7. The Hall–Kier alpha value is -2.15. The van der Waals surface area contributed by atoms with Crippen molar-refractivity contribution < 1.29 is 12.8 Å². The molecule has 0 bridgehead atoms. The number of halogens is 2. The molecule has 4 nitrogen and oxygen atoms in total. The molecule has 3 aromatic rings. The van der Waals surface area contributed by atoms with Gasteiger partial charge in [0.15, 0.2) is 0 Å². The molecule has 0 saturated heterocycles. The van der Waals surface area contributed by atoms with E-state index in [0.29, 0.717) is 22.8 Å². The Bertz CT molecular complexity index is 998. The summed E-state index contributed by atoms with van der Waals surface area (Å²) in [5, 5.41) is 3.34. The third-order valence-electron chi connectivity index (χ3n) is 3.72. The van der Waals surface area contributed by atoms with Crippen molar-refractivity contribution in [1.82, 2.24) is 9.29 Å². The zero-order valence-electron chi connectivity index (χ0n) is 13.4. The molecule has 0 unspecified atom stereocenters. The molecule has 0 aliphatic carbocycles. The normalized spacial score (nSPS) is 11.6. The van der Waals surface area contributed by atoms with E-state index in [-0.39, 0.29) is 10.7 Å². The summed E-state index contributed by atoms with van der Waals surface area (Å²) in [7, 11) is -2.06. The van der Waals surface area contributed by atoms with Gasteiger partial charge in [0.2, 0.25) is 0 Å². The number of rotatable bonds is 5. The van der Waals surface area contributed by atoms with Gasteiger partial charge in [-0.2, -0.15) is 0 Å². The van der Waals surface area contributed by atoms with E-state index in [1.165, 1.54) is 28.2 Å². The zero-order valence-corrected chi connectivity index (χ0v) is 15.0. The van der Waals surface area contributed by atoms with Crippen LogP contribution in [0.25, 0.3) is 11.3 Å². The SMILES string of the molecule is CNCc1cc(-c2ccc(F)cc2)n(S(=O)(=O)c2cccc(Cl)c2)c1. The smallest absolute Gasteiger partial charge is 0.268 e. The molecule has 1 heterocycles. The third-order valence-corrected chi connectivity index (χ3v) is 5.62. The Morgan fingerprint density at radius 1 is 1.12 bits per heavy atom. The summed E-state index contributed by atoms with van der Waals surface area (Å²) in [6.07, 6.45) is 1.56. The molecule has 0 saturated carbocycles. The summed E-state index contributed by atoms with van der Waals surface area (Å²) < 4.78 is 40.6. The molecule has 0 aliphatic heterocycles. The van der Waals surface area contributed by atoms with Gasteiger partial charge in [-0.3, -0.25) is 0 Å². The Morgan fingerprint density at radius 3 is 2.48 bits per heavy atom. The molecule has 25 heavy (non-hydrogen) atoms. The van der Waals surface area contributed by atoms with Crippen LogP contribution >= 0.6 is 11.6 Å². The molecule has 0 spiro atoms.